The van der Waals surface area contributed by atoms with E-state index in [4.69, 9.17) is 5.11 Å². The number of aryl methyl sites for hydroxylation is 1. The fourth-order valence-electron chi connectivity index (χ4n) is 2.01. The van der Waals surface area contributed by atoms with Crippen molar-refractivity contribution in [2.24, 2.45) is 5.92 Å². The first-order valence-corrected chi connectivity index (χ1v) is 6.58. The SMILES string of the molecule is CCC(C)CN(CC)c1ccc(C(=O)O)c(C)c1. The van der Waals surface area contributed by atoms with Crippen molar-refractivity contribution < 1.29 is 9.90 Å². The Kier molecular flexibility index (Phi) is 5.20. The van der Waals surface area contributed by atoms with E-state index in [1.807, 2.05) is 19.1 Å². The van der Waals surface area contributed by atoms with Crippen molar-refractivity contribution in [2.75, 3.05) is 18.0 Å². The topological polar surface area (TPSA) is 40.5 Å². The number of hydrogen-bond donors (Lipinski definition) is 1. The van der Waals surface area contributed by atoms with Crippen LogP contribution < -0.4 is 4.90 Å². The number of carboxylic acid groups (broad SMARTS) is 1. The van der Waals surface area contributed by atoms with E-state index in [0.29, 0.717) is 11.5 Å². The zero-order chi connectivity index (χ0) is 13.7. The smallest absolute Gasteiger partial charge is 0.335 e. The van der Waals surface area contributed by atoms with Crippen LogP contribution in [0.1, 0.15) is 43.1 Å². The molecule has 0 aliphatic heterocycles. The number of nitrogens with zero attached hydrogens (tertiary/aromatic N) is 1. The standard InChI is InChI=1S/C15H23NO2/c1-5-11(3)10-16(6-2)13-7-8-14(15(17)18)12(4)9-13/h7-9,11H,5-6,10H2,1-4H3,(H,17,18). The van der Waals surface area contributed by atoms with Crippen molar-refractivity contribution in [3.05, 3.63) is 29.3 Å². The molecular formula is C15H23NO2. The highest BCUT2D eigenvalue weighted by Gasteiger charge is 2.12. The molecular weight excluding hydrogens is 226 g/mol. The molecule has 0 aliphatic carbocycles. The highest BCUT2D eigenvalue weighted by Crippen LogP contribution is 2.20. The minimum absolute atomic E-state index is 0.387. The van der Waals surface area contributed by atoms with Crippen LogP contribution in [0, 0.1) is 12.8 Å². The van der Waals surface area contributed by atoms with Crippen molar-refractivity contribution in [2.45, 2.75) is 34.1 Å². The quantitative estimate of drug-likeness (QED) is 0.838. The molecule has 0 aliphatic rings. The fraction of sp³-hybridized carbons (Fsp3) is 0.533. The van der Waals surface area contributed by atoms with Crippen molar-refractivity contribution in [1.29, 1.82) is 0 Å². The van der Waals surface area contributed by atoms with Crippen molar-refractivity contribution in [3.8, 4) is 0 Å². The maximum Gasteiger partial charge on any atom is 0.335 e. The van der Waals surface area contributed by atoms with E-state index in [-0.39, 0.29) is 0 Å². The lowest BCUT2D eigenvalue weighted by molar-refractivity contribution is 0.0696. The average Bonchev–Trinajstić information content (AvgIpc) is 2.34. The molecule has 0 bridgehead atoms. The van der Waals surface area contributed by atoms with E-state index in [0.717, 1.165) is 30.8 Å². The van der Waals surface area contributed by atoms with Crippen LogP contribution in [0.5, 0.6) is 0 Å². The third-order valence-corrected chi connectivity index (χ3v) is 3.42. The van der Waals surface area contributed by atoms with E-state index in [1.165, 1.54) is 0 Å². The molecule has 1 atom stereocenters. The largest absolute Gasteiger partial charge is 0.478 e. The Morgan fingerprint density at radius 3 is 2.50 bits per heavy atom. The molecule has 100 valence electrons. The average molecular weight is 249 g/mol. The Balaban J connectivity index is 2.94. The van der Waals surface area contributed by atoms with Crippen LogP contribution in [0.2, 0.25) is 0 Å². The van der Waals surface area contributed by atoms with Crippen LogP contribution in [0.25, 0.3) is 0 Å². The second-order valence-electron chi connectivity index (χ2n) is 4.86. The van der Waals surface area contributed by atoms with Gasteiger partial charge >= 0.3 is 5.97 Å². The van der Waals surface area contributed by atoms with Gasteiger partial charge in [0.2, 0.25) is 0 Å². The number of rotatable bonds is 6. The van der Waals surface area contributed by atoms with Crippen LogP contribution in [0.3, 0.4) is 0 Å². The molecule has 0 amide bonds. The summed E-state index contributed by atoms with van der Waals surface area (Å²) in [4.78, 5) is 13.3. The number of carboxylic acids is 1. The van der Waals surface area contributed by atoms with Gasteiger partial charge in [0.15, 0.2) is 0 Å². The van der Waals surface area contributed by atoms with Crippen LogP contribution in [-0.4, -0.2) is 24.2 Å². The van der Waals surface area contributed by atoms with Gasteiger partial charge in [-0.1, -0.05) is 20.3 Å². The Hall–Kier alpha value is -1.51. The van der Waals surface area contributed by atoms with Crippen LogP contribution in [0.15, 0.2) is 18.2 Å². The molecule has 1 rings (SSSR count). The van der Waals surface area contributed by atoms with Gasteiger partial charge in [0, 0.05) is 18.8 Å². The predicted molar refractivity (Wildman–Crippen MR) is 75.5 cm³/mol. The zero-order valence-corrected chi connectivity index (χ0v) is 11.7. The minimum Gasteiger partial charge on any atom is -0.478 e. The van der Waals surface area contributed by atoms with E-state index < -0.39 is 5.97 Å². The summed E-state index contributed by atoms with van der Waals surface area (Å²) in [5.41, 5.74) is 2.32. The first-order valence-electron chi connectivity index (χ1n) is 6.58. The molecule has 0 fully saturated rings. The second-order valence-corrected chi connectivity index (χ2v) is 4.86. The summed E-state index contributed by atoms with van der Waals surface area (Å²) in [6, 6.07) is 5.57. The molecule has 1 aromatic rings. The van der Waals surface area contributed by atoms with Gasteiger partial charge in [-0.3, -0.25) is 0 Å². The maximum atomic E-state index is 11.0. The number of benzene rings is 1. The first-order chi connectivity index (χ1) is 8.49. The summed E-state index contributed by atoms with van der Waals surface area (Å²) in [5.74, 6) is -0.214. The molecule has 0 radical (unpaired) electrons. The lowest BCUT2D eigenvalue weighted by Crippen LogP contribution is -2.28. The number of anilines is 1. The van der Waals surface area contributed by atoms with Crippen molar-refractivity contribution in [3.63, 3.8) is 0 Å². The number of hydrogen-bond acceptors (Lipinski definition) is 2. The van der Waals surface area contributed by atoms with Gasteiger partial charge in [-0.25, -0.2) is 4.79 Å². The van der Waals surface area contributed by atoms with Crippen molar-refractivity contribution >= 4 is 11.7 Å². The van der Waals surface area contributed by atoms with E-state index in [9.17, 15) is 4.79 Å². The van der Waals surface area contributed by atoms with Crippen molar-refractivity contribution in [1.82, 2.24) is 0 Å². The summed E-state index contributed by atoms with van der Waals surface area (Å²) in [6.45, 7) is 10.4. The normalized spacial score (nSPS) is 12.2. The molecule has 3 nitrogen and oxygen atoms in total. The monoisotopic (exact) mass is 249 g/mol. The molecule has 1 unspecified atom stereocenters. The van der Waals surface area contributed by atoms with Crippen LogP contribution in [-0.2, 0) is 0 Å². The third kappa shape index (κ3) is 3.49. The van der Waals surface area contributed by atoms with Gasteiger partial charge in [0.1, 0.15) is 0 Å². The third-order valence-electron chi connectivity index (χ3n) is 3.42. The Bertz CT molecular complexity index is 415. The number of aromatic carboxylic acids is 1. The molecule has 1 aromatic carbocycles. The van der Waals surface area contributed by atoms with Gasteiger partial charge in [-0.15, -0.1) is 0 Å². The van der Waals surface area contributed by atoms with Gasteiger partial charge in [0.05, 0.1) is 5.56 Å². The zero-order valence-electron chi connectivity index (χ0n) is 11.7. The van der Waals surface area contributed by atoms with Gasteiger partial charge in [-0.05, 0) is 43.5 Å². The minimum atomic E-state index is -0.857. The summed E-state index contributed by atoms with van der Waals surface area (Å²) in [5, 5.41) is 9.02. The van der Waals surface area contributed by atoms with Crippen LogP contribution >= 0.6 is 0 Å². The summed E-state index contributed by atoms with van der Waals surface area (Å²) in [6.07, 6.45) is 1.16. The highest BCUT2D eigenvalue weighted by atomic mass is 16.4. The van der Waals surface area contributed by atoms with E-state index in [2.05, 4.69) is 25.7 Å². The van der Waals surface area contributed by atoms with Gasteiger partial charge in [0.25, 0.3) is 0 Å². The maximum absolute atomic E-state index is 11.0. The van der Waals surface area contributed by atoms with Gasteiger partial charge < -0.3 is 10.0 Å². The first kappa shape index (κ1) is 14.6. The van der Waals surface area contributed by atoms with E-state index in [1.54, 1.807) is 6.07 Å². The summed E-state index contributed by atoms with van der Waals surface area (Å²) >= 11 is 0. The predicted octanol–water partition coefficient (Wildman–Crippen LogP) is 3.57. The fourth-order valence-corrected chi connectivity index (χ4v) is 2.01. The Labute approximate surface area is 109 Å². The number of carbonyl (C=O) groups is 1. The van der Waals surface area contributed by atoms with Gasteiger partial charge in [-0.2, -0.15) is 0 Å². The molecule has 3 heteroatoms. The Morgan fingerprint density at radius 2 is 2.06 bits per heavy atom. The molecule has 0 saturated heterocycles. The molecule has 0 spiro atoms. The molecule has 0 aromatic heterocycles. The molecule has 18 heavy (non-hydrogen) atoms. The summed E-state index contributed by atoms with van der Waals surface area (Å²) in [7, 11) is 0. The second kappa shape index (κ2) is 6.43. The molecule has 0 saturated carbocycles. The van der Waals surface area contributed by atoms with Crippen LogP contribution in [0.4, 0.5) is 5.69 Å². The molecule has 1 N–H and O–H groups in total. The highest BCUT2D eigenvalue weighted by molar-refractivity contribution is 5.89. The molecule has 0 heterocycles. The lowest BCUT2D eigenvalue weighted by Gasteiger charge is -2.26. The summed E-state index contributed by atoms with van der Waals surface area (Å²) < 4.78 is 0. The lowest BCUT2D eigenvalue weighted by atomic mass is 10.1. The Morgan fingerprint density at radius 1 is 1.39 bits per heavy atom. The van der Waals surface area contributed by atoms with E-state index >= 15 is 0 Å².